The van der Waals surface area contributed by atoms with Gasteiger partial charge < -0.3 is 24.9 Å². The zero-order valence-corrected chi connectivity index (χ0v) is 17.7. The third-order valence-corrected chi connectivity index (χ3v) is 5.15. The smallest absolute Gasteiger partial charge is 0.252 e. The largest absolute Gasteiger partial charge is 0.467 e. The Labute approximate surface area is 180 Å². The number of carbonyl (C=O) groups is 3. The molecule has 3 rings (SSSR count). The fraction of sp³-hybridized carbons (Fsp3) is 0.381. The summed E-state index contributed by atoms with van der Waals surface area (Å²) in [4.78, 5) is 40.6. The van der Waals surface area contributed by atoms with Gasteiger partial charge in [0.25, 0.3) is 5.91 Å². The maximum absolute atomic E-state index is 12.6. The van der Waals surface area contributed by atoms with Crippen molar-refractivity contribution in [1.82, 2.24) is 15.1 Å². The molecule has 8 nitrogen and oxygen atoms in total. The normalized spacial score (nSPS) is 16.2. The van der Waals surface area contributed by atoms with Gasteiger partial charge in [0.2, 0.25) is 11.8 Å². The standard InChI is InChI=1S/C21H25ClN4O4/c1-25(2)8-7-23-21(29)17-6-5-15(11-18(17)22)24-20(28)14-10-19(27)26(12-14)13-16-4-3-9-30-16/h3-6,9,11,14H,7-8,10,12-13H2,1-2H3,(H,23,29)(H,24,28). The number of furan rings is 1. The second kappa shape index (κ2) is 9.77. The molecule has 1 aromatic heterocycles. The minimum Gasteiger partial charge on any atom is -0.467 e. The zero-order chi connectivity index (χ0) is 21.7. The number of hydrogen-bond acceptors (Lipinski definition) is 5. The number of likely N-dealkylation sites (tertiary alicyclic amines) is 1. The molecule has 0 spiro atoms. The molecule has 1 atom stereocenters. The summed E-state index contributed by atoms with van der Waals surface area (Å²) in [5.41, 5.74) is 0.820. The van der Waals surface area contributed by atoms with E-state index in [9.17, 15) is 14.4 Å². The van der Waals surface area contributed by atoms with Crippen molar-refractivity contribution in [1.29, 1.82) is 0 Å². The van der Waals surface area contributed by atoms with E-state index in [0.717, 1.165) is 0 Å². The van der Waals surface area contributed by atoms with Crippen LogP contribution >= 0.6 is 11.6 Å². The molecule has 0 radical (unpaired) electrons. The number of hydrogen-bond donors (Lipinski definition) is 2. The van der Waals surface area contributed by atoms with Crippen molar-refractivity contribution in [3.63, 3.8) is 0 Å². The van der Waals surface area contributed by atoms with Crippen LogP contribution in [0.2, 0.25) is 5.02 Å². The second-order valence-electron chi connectivity index (χ2n) is 7.50. The van der Waals surface area contributed by atoms with Crippen LogP contribution in [0.4, 0.5) is 5.69 Å². The molecule has 2 N–H and O–H groups in total. The molecule has 1 aliphatic heterocycles. The highest BCUT2D eigenvalue weighted by Gasteiger charge is 2.34. The Morgan fingerprint density at radius 1 is 1.30 bits per heavy atom. The Morgan fingerprint density at radius 2 is 2.10 bits per heavy atom. The predicted molar refractivity (Wildman–Crippen MR) is 113 cm³/mol. The van der Waals surface area contributed by atoms with E-state index in [1.165, 1.54) is 6.07 Å². The Kier molecular flexibility index (Phi) is 7.12. The lowest BCUT2D eigenvalue weighted by atomic mass is 10.1. The lowest BCUT2D eigenvalue weighted by molar-refractivity contribution is -0.128. The van der Waals surface area contributed by atoms with E-state index in [0.29, 0.717) is 43.2 Å². The Hall–Kier alpha value is -2.84. The maximum Gasteiger partial charge on any atom is 0.252 e. The maximum atomic E-state index is 12.6. The average molecular weight is 433 g/mol. The van der Waals surface area contributed by atoms with Gasteiger partial charge >= 0.3 is 0 Å². The van der Waals surface area contributed by atoms with Crippen LogP contribution in [0.1, 0.15) is 22.5 Å². The summed E-state index contributed by atoms with van der Waals surface area (Å²) in [6.45, 7) is 1.89. The molecule has 160 valence electrons. The van der Waals surface area contributed by atoms with Gasteiger partial charge in [0.15, 0.2) is 0 Å². The summed E-state index contributed by atoms with van der Waals surface area (Å²) < 4.78 is 5.27. The van der Waals surface area contributed by atoms with Crippen LogP contribution in [0.25, 0.3) is 0 Å². The van der Waals surface area contributed by atoms with Crippen molar-refractivity contribution >= 4 is 35.0 Å². The van der Waals surface area contributed by atoms with E-state index in [4.69, 9.17) is 16.0 Å². The van der Waals surface area contributed by atoms with Gasteiger partial charge in [-0.15, -0.1) is 0 Å². The molecule has 0 saturated carbocycles. The number of benzene rings is 1. The third-order valence-electron chi connectivity index (χ3n) is 4.84. The lowest BCUT2D eigenvalue weighted by Gasteiger charge is -2.15. The molecular formula is C21H25ClN4O4. The number of halogens is 1. The summed E-state index contributed by atoms with van der Waals surface area (Å²) in [5.74, 6) is -0.399. The second-order valence-corrected chi connectivity index (χ2v) is 7.90. The van der Waals surface area contributed by atoms with Gasteiger partial charge in [0.05, 0.1) is 29.3 Å². The van der Waals surface area contributed by atoms with E-state index in [1.54, 1.807) is 35.4 Å². The van der Waals surface area contributed by atoms with Crippen molar-refractivity contribution in [2.24, 2.45) is 5.92 Å². The van der Waals surface area contributed by atoms with E-state index >= 15 is 0 Å². The first-order valence-electron chi connectivity index (χ1n) is 9.67. The monoisotopic (exact) mass is 432 g/mol. The number of anilines is 1. The Balaban J connectivity index is 1.55. The topological polar surface area (TPSA) is 94.9 Å². The van der Waals surface area contributed by atoms with Crippen LogP contribution in [0.3, 0.4) is 0 Å². The quantitative estimate of drug-likeness (QED) is 0.667. The summed E-state index contributed by atoms with van der Waals surface area (Å²) in [7, 11) is 3.84. The van der Waals surface area contributed by atoms with Crippen LogP contribution in [0.15, 0.2) is 41.0 Å². The lowest BCUT2D eigenvalue weighted by Crippen LogP contribution is -2.31. The van der Waals surface area contributed by atoms with Crippen LogP contribution in [-0.2, 0) is 16.1 Å². The van der Waals surface area contributed by atoms with Crippen molar-refractivity contribution in [3.8, 4) is 0 Å². The van der Waals surface area contributed by atoms with Gasteiger partial charge in [-0.2, -0.15) is 0 Å². The molecule has 0 aliphatic carbocycles. The molecule has 2 aromatic rings. The number of rotatable bonds is 8. The van der Waals surface area contributed by atoms with Gasteiger partial charge in [-0.1, -0.05) is 11.6 Å². The summed E-state index contributed by atoms with van der Waals surface area (Å²) in [5, 5.41) is 5.83. The van der Waals surface area contributed by atoms with E-state index < -0.39 is 5.92 Å². The highest BCUT2D eigenvalue weighted by atomic mass is 35.5. The molecule has 1 aliphatic rings. The Bertz CT molecular complexity index is 914. The van der Waals surface area contributed by atoms with E-state index in [2.05, 4.69) is 10.6 Å². The third kappa shape index (κ3) is 5.61. The van der Waals surface area contributed by atoms with Gasteiger partial charge in [0, 0.05) is 31.7 Å². The van der Waals surface area contributed by atoms with Gasteiger partial charge in [-0.25, -0.2) is 0 Å². The molecular weight excluding hydrogens is 408 g/mol. The van der Waals surface area contributed by atoms with Crippen molar-refractivity contribution in [2.75, 3.05) is 39.0 Å². The van der Waals surface area contributed by atoms with Crippen molar-refractivity contribution < 1.29 is 18.8 Å². The van der Waals surface area contributed by atoms with E-state index in [1.807, 2.05) is 19.0 Å². The number of carbonyl (C=O) groups excluding carboxylic acids is 3. The number of likely N-dealkylation sites (N-methyl/N-ethyl adjacent to an activating group) is 1. The highest BCUT2D eigenvalue weighted by molar-refractivity contribution is 6.34. The SMILES string of the molecule is CN(C)CCNC(=O)c1ccc(NC(=O)C2CC(=O)N(Cc3ccco3)C2)cc1Cl. The molecule has 1 fully saturated rings. The van der Waals surface area contributed by atoms with Crippen molar-refractivity contribution in [3.05, 3.63) is 52.9 Å². The fourth-order valence-corrected chi connectivity index (χ4v) is 3.47. The molecule has 3 amide bonds. The molecule has 0 bridgehead atoms. The van der Waals surface area contributed by atoms with Gasteiger partial charge in [-0.05, 0) is 44.4 Å². The zero-order valence-electron chi connectivity index (χ0n) is 17.0. The fourth-order valence-electron chi connectivity index (χ4n) is 3.20. The van der Waals surface area contributed by atoms with Crippen LogP contribution < -0.4 is 10.6 Å². The Morgan fingerprint density at radius 3 is 2.77 bits per heavy atom. The predicted octanol–water partition coefficient (Wildman–Crippen LogP) is 2.21. The summed E-state index contributed by atoms with van der Waals surface area (Å²) in [6.07, 6.45) is 1.70. The minimum atomic E-state index is -0.458. The molecule has 30 heavy (non-hydrogen) atoms. The molecule has 1 saturated heterocycles. The van der Waals surface area contributed by atoms with Crippen LogP contribution in [0.5, 0.6) is 0 Å². The molecule has 9 heteroatoms. The number of amides is 3. The first-order chi connectivity index (χ1) is 14.3. The van der Waals surface area contributed by atoms with Crippen LogP contribution in [0, 0.1) is 5.92 Å². The molecule has 1 unspecified atom stereocenters. The molecule has 2 heterocycles. The number of nitrogens with zero attached hydrogens (tertiary/aromatic N) is 2. The first-order valence-corrected chi connectivity index (χ1v) is 10.0. The minimum absolute atomic E-state index is 0.0886. The highest BCUT2D eigenvalue weighted by Crippen LogP contribution is 2.24. The van der Waals surface area contributed by atoms with Crippen molar-refractivity contribution in [2.45, 2.75) is 13.0 Å². The average Bonchev–Trinajstić information content (AvgIpc) is 3.32. The molecule has 1 aromatic carbocycles. The van der Waals surface area contributed by atoms with Crippen LogP contribution in [-0.4, -0.2) is 61.3 Å². The van der Waals surface area contributed by atoms with Gasteiger partial charge in [0.1, 0.15) is 5.76 Å². The van der Waals surface area contributed by atoms with Gasteiger partial charge in [-0.3, -0.25) is 14.4 Å². The summed E-state index contributed by atoms with van der Waals surface area (Å²) >= 11 is 6.24. The van der Waals surface area contributed by atoms with E-state index in [-0.39, 0.29) is 29.2 Å². The number of nitrogens with one attached hydrogen (secondary N) is 2. The summed E-state index contributed by atoms with van der Waals surface area (Å²) in [6, 6.07) is 8.29. The first kappa shape index (κ1) is 21.9.